The van der Waals surface area contributed by atoms with E-state index in [1.165, 1.54) is 4.90 Å². The van der Waals surface area contributed by atoms with Crippen LogP contribution < -0.4 is 0 Å². The van der Waals surface area contributed by atoms with Gasteiger partial charge in [0, 0.05) is 0 Å². The highest BCUT2D eigenvalue weighted by molar-refractivity contribution is 5.95. The van der Waals surface area contributed by atoms with Gasteiger partial charge in [-0.3, -0.25) is 9.69 Å². The van der Waals surface area contributed by atoms with Crippen molar-refractivity contribution in [3.63, 3.8) is 0 Å². The molecule has 1 aromatic rings. The summed E-state index contributed by atoms with van der Waals surface area (Å²) in [6.45, 7) is 8.92. The van der Waals surface area contributed by atoms with E-state index in [9.17, 15) is 19.5 Å². The number of amides is 3. The van der Waals surface area contributed by atoms with Gasteiger partial charge in [-0.15, -0.1) is 0 Å². The second kappa shape index (κ2) is 9.43. The highest BCUT2D eigenvalue weighted by atomic mass is 16.6. The van der Waals surface area contributed by atoms with Crippen molar-refractivity contribution < 1.29 is 33.7 Å². The van der Waals surface area contributed by atoms with E-state index in [1.54, 1.807) is 34.6 Å². The number of benzene rings is 1. The molecule has 3 fully saturated rings. The lowest BCUT2D eigenvalue weighted by atomic mass is 9.89. The Morgan fingerprint density at radius 1 is 1.17 bits per heavy atom. The molecular formula is C26H36N2O7. The summed E-state index contributed by atoms with van der Waals surface area (Å²) in [5, 5.41) is 11.5. The number of hydrogen-bond acceptors (Lipinski definition) is 7. The number of carbonyl (C=O) groups excluding carboxylic acids is 3. The molecule has 1 aromatic carbocycles. The van der Waals surface area contributed by atoms with Crippen LogP contribution in [0.4, 0.5) is 9.59 Å². The molecule has 3 amide bonds. The van der Waals surface area contributed by atoms with E-state index in [4.69, 9.17) is 14.2 Å². The third-order valence-electron chi connectivity index (χ3n) is 6.80. The van der Waals surface area contributed by atoms with Gasteiger partial charge in [-0.2, -0.15) is 0 Å². The number of nitrogens with zero attached hydrogens (tertiary/aromatic N) is 2. The Morgan fingerprint density at radius 2 is 1.83 bits per heavy atom. The molecule has 9 heteroatoms. The second-order valence-electron chi connectivity index (χ2n) is 11.2. The van der Waals surface area contributed by atoms with Crippen molar-refractivity contribution in [2.75, 3.05) is 13.2 Å². The molecule has 1 aliphatic carbocycles. The third kappa shape index (κ3) is 5.46. The van der Waals surface area contributed by atoms with Crippen LogP contribution in [0.5, 0.6) is 0 Å². The number of aliphatic hydroxyl groups excluding tert-OH is 1. The zero-order valence-electron chi connectivity index (χ0n) is 21.1. The number of rotatable bonds is 6. The second-order valence-corrected chi connectivity index (χ2v) is 11.2. The fourth-order valence-corrected chi connectivity index (χ4v) is 5.00. The summed E-state index contributed by atoms with van der Waals surface area (Å²) < 4.78 is 16.7. The maximum atomic E-state index is 13.8. The largest absolute Gasteiger partial charge is 0.447 e. The minimum Gasteiger partial charge on any atom is -0.447 e. The maximum Gasteiger partial charge on any atom is 0.416 e. The summed E-state index contributed by atoms with van der Waals surface area (Å²) >= 11 is 0. The first kappa shape index (κ1) is 25.4. The highest BCUT2D eigenvalue weighted by Crippen LogP contribution is 2.43. The standard InChI is InChI=1S/C26H36N2O7/c1-25(2,3)35-24(32)28-19(15-34-26(28,4)5)21(29)20(17-11-12-17)22(30)27-18(14-33-23(27)31)13-16-9-7-6-8-10-16/h6-10,17-21,29H,11-15H2,1-5H3/t18-,19-,20?,21+/m1/s1. The maximum absolute atomic E-state index is 13.8. The number of ether oxygens (including phenoxy) is 3. The van der Waals surface area contributed by atoms with Crippen LogP contribution in [0.15, 0.2) is 30.3 Å². The smallest absolute Gasteiger partial charge is 0.416 e. The summed E-state index contributed by atoms with van der Waals surface area (Å²) in [6.07, 6.45) is -0.536. The van der Waals surface area contributed by atoms with E-state index in [2.05, 4.69) is 0 Å². The fourth-order valence-electron chi connectivity index (χ4n) is 5.00. The van der Waals surface area contributed by atoms with Gasteiger partial charge in [0.15, 0.2) is 0 Å². The van der Waals surface area contributed by atoms with Crippen LogP contribution in [0.25, 0.3) is 0 Å². The minimum atomic E-state index is -1.23. The van der Waals surface area contributed by atoms with Gasteiger partial charge >= 0.3 is 12.2 Å². The van der Waals surface area contributed by atoms with Crippen LogP contribution in [0.3, 0.4) is 0 Å². The minimum absolute atomic E-state index is 0.0573. The van der Waals surface area contributed by atoms with Crippen molar-refractivity contribution in [1.82, 2.24) is 9.80 Å². The molecule has 1 unspecified atom stereocenters. The van der Waals surface area contributed by atoms with Crippen LogP contribution in [0.1, 0.15) is 53.0 Å². The molecule has 2 aliphatic heterocycles. The van der Waals surface area contributed by atoms with Gasteiger partial charge < -0.3 is 19.3 Å². The van der Waals surface area contributed by atoms with Crippen molar-refractivity contribution in [2.24, 2.45) is 11.8 Å². The lowest BCUT2D eigenvalue weighted by Crippen LogP contribution is -2.57. The first-order valence-corrected chi connectivity index (χ1v) is 12.3. The number of carbonyl (C=O) groups is 3. The highest BCUT2D eigenvalue weighted by Gasteiger charge is 2.55. The van der Waals surface area contributed by atoms with Crippen molar-refractivity contribution in [3.05, 3.63) is 35.9 Å². The molecule has 0 bridgehead atoms. The van der Waals surface area contributed by atoms with E-state index in [1.807, 2.05) is 30.3 Å². The molecule has 2 heterocycles. The topological polar surface area (TPSA) is 106 Å². The molecule has 192 valence electrons. The lowest BCUT2D eigenvalue weighted by Gasteiger charge is -2.38. The molecule has 3 aliphatic rings. The van der Waals surface area contributed by atoms with Crippen molar-refractivity contribution in [1.29, 1.82) is 0 Å². The molecule has 9 nitrogen and oxygen atoms in total. The number of aliphatic hydroxyl groups is 1. The monoisotopic (exact) mass is 488 g/mol. The Bertz CT molecular complexity index is 954. The molecule has 1 saturated carbocycles. The summed E-state index contributed by atoms with van der Waals surface area (Å²) in [6, 6.07) is 8.35. The summed E-state index contributed by atoms with van der Waals surface area (Å²) in [4.78, 5) is 42.0. The molecule has 2 saturated heterocycles. The molecule has 0 aromatic heterocycles. The summed E-state index contributed by atoms with van der Waals surface area (Å²) in [5.74, 6) is -1.39. The zero-order valence-corrected chi connectivity index (χ0v) is 21.1. The van der Waals surface area contributed by atoms with Crippen molar-refractivity contribution in [2.45, 2.75) is 83.4 Å². The molecule has 1 N–H and O–H groups in total. The normalized spacial score (nSPS) is 25.8. The van der Waals surface area contributed by atoms with E-state index < -0.39 is 53.5 Å². The SMILES string of the molecule is CC(C)(C)OC(=O)N1[C@@H]([C@H](O)C(C(=O)N2C(=O)OC[C@H]2Cc2ccccc2)C2CC2)COC1(C)C. The summed E-state index contributed by atoms with van der Waals surface area (Å²) in [7, 11) is 0. The predicted octanol–water partition coefficient (Wildman–Crippen LogP) is 3.34. The van der Waals surface area contributed by atoms with Crippen LogP contribution in [0.2, 0.25) is 0 Å². The number of cyclic esters (lactones) is 1. The van der Waals surface area contributed by atoms with Gasteiger partial charge in [0.05, 0.1) is 30.7 Å². The Labute approximate surface area is 206 Å². The zero-order chi connectivity index (χ0) is 25.5. The lowest BCUT2D eigenvalue weighted by molar-refractivity contribution is -0.140. The van der Waals surface area contributed by atoms with Gasteiger partial charge in [0.25, 0.3) is 0 Å². The molecular weight excluding hydrogens is 452 g/mol. The van der Waals surface area contributed by atoms with Crippen LogP contribution in [-0.2, 0) is 25.4 Å². The van der Waals surface area contributed by atoms with E-state index in [0.717, 1.165) is 23.3 Å². The Kier molecular flexibility index (Phi) is 6.85. The summed E-state index contributed by atoms with van der Waals surface area (Å²) in [5.41, 5.74) is -0.770. The van der Waals surface area contributed by atoms with Gasteiger partial charge in [0.1, 0.15) is 17.9 Å². The third-order valence-corrected chi connectivity index (χ3v) is 6.80. The number of imide groups is 1. The molecule has 4 rings (SSSR count). The van der Waals surface area contributed by atoms with Crippen molar-refractivity contribution >= 4 is 18.1 Å². The Hall–Kier alpha value is -2.65. The van der Waals surface area contributed by atoms with Gasteiger partial charge in [-0.05, 0) is 65.4 Å². The van der Waals surface area contributed by atoms with E-state index in [0.29, 0.717) is 6.42 Å². The molecule has 0 radical (unpaired) electrons. The van der Waals surface area contributed by atoms with Crippen molar-refractivity contribution in [3.8, 4) is 0 Å². The first-order valence-electron chi connectivity index (χ1n) is 12.3. The quantitative estimate of drug-likeness (QED) is 0.655. The average Bonchev–Trinajstić information content (AvgIpc) is 3.44. The van der Waals surface area contributed by atoms with Gasteiger partial charge in [-0.25, -0.2) is 14.5 Å². The van der Waals surface area contributed by atoms with Gasteiger partial charge in [0.2, 0.25) is 5.91 Å². The molecule has 4 atom stereocenters. The first-order chi connectivity index (χ1) is 16.4. The predicted molar refractivity (Wildman–Crippen MR) is 126 cm³/mol. The van der Waals surface area contributed by atoms with Crippen LogP contribution >= 0.6 is 0 Å². The molecule has 35 heavy (non-hydrogen) atoms. The fraction of sp³-hybridized carbons (Fsp3) is 0.654. The Balaban J connectivity index is 1.57. The number of hydrogen-bond donors (Lipinski definition) is 1. The van der Waals surface area contributed by atoms with E-state index in [-0.39, 0.29) is 19.1 Å². The van der Waals surface area contributed by atoms with Crippen LogP contribution in [0, 0.1) is 11.8 Å². The Morgan fingerprint density at radius 3 is 2.43 bits per heavy atom. The van der Waals surface area contributed by atoms with Crippen LogP contribution in [-0.4, -0.2) is 75.7 Å². The average molecular weight is 489 g/mol. The van der Waals surface area contributed by atoms with Gasteiger partial charge in [-0.1, -0.05) is 30.3 Å². The van der Waals surface area contributed by atoms with E-state index >= 15 is 0 Å². The molecule has 0 spiro atoms.